The zero-order valence-electron chi connectivity index (χ0n) is 6.75. The maximum atomic E-state index is 4.80. The minimum atomic E-state index is 0.130. The quantitative estimate of drug-likeness (QED) is 0.394. The summed E-state index contributed by atoms with van der Waals surface area (Å²) < 4.78 is 5.00. The van der Waals surface area contributed by atoms with E-state index < -0.39 is 0 Å². The molecule has 0 saturated carbocycles. The van der Waals surface area contributed by atoms with Crippen molar-refractivity contribution in [2.24, 2.45) is 0 Å². The third kappa shape index (κ3) is 23.4. The first kappa shape index (κ1) is 13.3. The van der Waals surface area contributed by atoms with Crippen molar-refractivity contribution in [3.05, 3.63) is 0 Å². The van der Waals surface area contributed by atoms with E-state index in [1.165, 1.54) is 0 Å². The topological polar surface area (TPSA) is 9.23 Å². The Morgan fingerprint density at radius 1 is 1.50 bits per heavy atom. The summed E-state index contributed by atoms with van der Waals surface area (Å²) in [5.74, 6) is 0. The van der Waals surface area contributed by atoms with Crippen molar-refractivity contribution < 1.29 is 4.74 Å². The van der Waals surface area contributed by atoms with Gasteiger partial charge in [-0.2, -0.15) is 0 Å². The van der Waals surface area contributed by atoms with Crippen LogP contribution in [0.2, 0.25) is 11.4 Å². The Morgan fingerprint density at radius 3 is 1.80 bits per heavy atom. The molecular weight excluding hydrogens is 227 g/mol. The summed E-state index contributed by atoms with van der Waals surface area (Å²) in [6, 6.07) is 0. The van der Waals surface area contributed by atoms with Crippen LogP contribution in [0.3, 0.4) is 0 Å². The van der Waals surface area contributed by atoms with Crippen LogP contribution in [0.25, 0.3) is 0 Å². The molecule has 4 heteroatoms. The predicted octanol–water partition coefficient (Wildman–Crippen LogP) is 2.03. The first-order chi connectivity index (χ1) is 4.54. The van der Waals surface area contributed by atoms with E-state index in [1.54, 1.807) is 0 Å². The van der Waals surface area contributed by atoms with Gasteiger partial charge in [-0.1, -0.05) is 0 Å². The van der Waals surface area contributed by atoms with E-state index >= 15 is 0 Å². The molecule has 0 bridgehead atoms. The van der Waals surface area contributed by atoms with Crippen molar-refractivity contribution in [3.63, 3.8) is 0 Å². The normalized spacial score (nSPS) is 8.10. The van der Waals surface area contributed by atoms with Gasteiger partial charge in [0.1, 0.15) is 0 Å². The third-order valence-electron chi connectivity index (χ3n) is 0.332. The summed E-state index contributed by atoms with van der Waals surface area (Å²) in [6.45, 7) is 3.78. The number of hydrogen-bond donors (Lipinski definition) is 0. The molecule has 0 atom stereocenters. The van der Waals surface area contributed by atoms with Crippen molar-refractivity contribution in [1.29, 1.82) is 0 Å². The summed E-state index contributed by atoms with van der Waals surface area (Å²) in [5.41, 5.74) is 4.44. The van der Waals surface area contributed by atoms with Crippen LogP contribution in [0, 0.1) is 0 Å². The van der Waals surface area contributed by atoms with Gasteiger partial charge < -0.3 is 29.6 Å². The van der Waals surface area contributed by atoms with Gasteiger partial charge in [0.2, 0.25) is 0 Å². The maximum absolute atomic E-state index is 4.80. The first-order valence-corrected chi connectivity index (χ1v) is 7.47. The van der Waals surface area contributed by atoms with Gasteiger partial charge in [-0.3, -0.25) is 0 Å². The molecule has 0 aliphatic heterocycles. The summed E-state index contributed by atoms with van der Waals surface area (Å²) >= 11 is 9.62. The van der Waals surface area contributed by atoms with Crippen LogP contribution in [0.4, 0.5) is 0 Å². The van der Waals surface area contributed by atoms with E-state index in [0.717, 1.165) is 0 Å². The number of ether oxygens (including phenoxy) is 1. The van der Waals surface area contributed by atoms with Crippen molar-refractivity contribution in [1.82, 2.24) is 0 Å². The number of hydrogen-bond acceptors (Lipinski definition) is 3. The Bertz CT molecular complexity index is 85.8. The molecule has 0 spiro atoms. The third-order valence-corrected chi connectivity index (χ3v) is 0.524. The van der Waals surface area contributed by atoms with E-state index in [1.807, 2.05) is 13.8 Å². The van der Waals surface area contributed by atoms with Crippen LogP contribution in [-0.2, 0) is 17.4 Å². The predicted molar refractivity (Wildman–Crippen MR) is 53.7 cm³/mol. The second-order valence-corrected chi connectivity index (χ2v) is 4.74. The Morgan fingerprint density at radius 2 is 1.80 bits per heavy atom. The number of rotatable bonds is 1. The number of thiocarbonyl (C=S) groups is 1. The Labute approximate surface area is 81.0 Å². The van der Waals surface area contributed by atoms with Gasteiger partial charge in [-0.05, 0) is 13.8 Å². The molecular formula is C6H13AsOS2. The van der Waals surface area contributed by atoms with E-state index in [9.17, 15) is 0 Å². The van der Waals surface area contributed by atoms with Gasteiger partial charge >= 0.3 is 27.2 Å². The Balaban J connectivity index is 0. The first-order valence-electron chi connectivity index (χ1n) is 2.90. The van der Waals surface area contributed by atoms with Crippen molar-refractivity contribution in [2.45, 2.75) is 31.4 Å². The summed E-state index contributed by atoms with van der Waals surface area (Å²) in [5, 5.41) is 0. The minimum absolute atomic E-state index is 0.130. The van der Waals surface area contributed by atoms with Gasteiger partial charge in [-0.25, -0.2) is 0 Å². The molecule has 0 unspecified atom stereocenters. The molecule has 0 aromatic carbocycles. The van der Waals surface area contributed by atoms with Crippen LogP contribution >= 0.6 is 12.2 Å². The molecule has 0 fully saturated rings. The van der Waals surface area contributed by atoms with Crippen molar-refractivity contribution in [3.8, 4) is 0 Å². The zero-order chi connectivity index (χ0) is 8.57. The van der Waals surface area contributed by atoms with Crippen LogP contribution in [0.5, 0.6) is 0 Å². The molecule has 1 nitrogen and oxygen atoms in total. The second-order valence-electron chi connectivity index (χ2n) is 1.86. The van der Waals surface area contributed by atoms with Crippen LogP contribution < -0.4 is 0 Å². The van der Waals surface area contributed by atoms with Gasteiger partial charge in [0.25, 0.3) is 0 Å². The fourth-order valence-electron chi connectivity index (χ4n) is 0.192. The van der Waals surface area contributed by atoms with Gasteiger partial charge in [0, 0.05) is 4.38 Å². The van der Waals surface area contributed by atoms with E-state index in [0.29, 0.717) is 15.8 Å². The average molecular weight is 240 g/mol. The molecule has 0 N–H and O–H groups in total. The zero-order valence-corrected chi connectivity index (χ0v) is 10.3. The molecule has 0 heterocycles. The van der Waals surface area contributed by atoms with Gasteiger partial charge in [0.15, 0.2) is 0 Å². The van der Waals surface area contributed by atoms with Crippen molar-refractivity contribution in [2.75, 3.05) is 0 Å². The van der Waals surface area contributed by atoms with Crippen molar-refractivity contribution >= 4 is 45.0 Å². The van der Waals surface area contributed by atoms with E-state index in [-0.39, 0.29) is 10.5 Å². The molecule has 0 aromatic heterocycles. The molecule has 10 heavy (non-hydrogen) atoms. The van der Waals surface area contributed by atoms with Gasteiger partial charge in [0.05, 0.1) is 6.10 Å². The summed E-state index contributed by atoms with van der Waals surface area (Å²) in [4.78, 5) is 0. The SMILES string of the molecule is CC(C)OC(=S)[S-].C[As+]C. The van der Waals surface area contributed by atoms with E-state index in [4.69, 9.17) is 4.74 Å². The molecule has 60 valence electrons. The fraction of sp³-hybridized carbons (Fsp3) is 0.833. The summed E-state index contributed by atoms with van der Waals surface area (Å²) in [6.07, 6.45) is 0.130. The molecule has 0 amide bonds. The Kier molecular flexibility index (Phi) is 12.8. The fourth-order valence-corrected chi connectivity index (χ4v) is 0.577. The molecule has 2 radical (unpaired) electrons. The molecule has 0 aliphatic rings. The monoisotopic (exact) mass is 240 g/mol. The second kappa shape index (κ2) is 9.67. The van der Waals surface area contributed by atoms with Crippen LogP contribution in [0.1, 0.15) is 13.8 Å². The standard InChI is InChI=1S/C4H8OS2.C2H6As/c1-3(2)5-4(6)7;1-3-2/h3H,1-2H3,(H,6,7);1-2H3/q;+1/p-1. The molecule has 0 aromatic rings. The van der Waals surface area contributed by atoms with Gasteiger partial charge in [-0.15, -0.1) is 0 Å². The Hall–Kier alpha value is 0.668. The average Bonchev–Trinajstić information content (AvgIpc) is 1.62. The van der Waals surface area contributed by atoms with E-state index in [2.05, 4.69) is 36.3 Å². The van der Waals surface area contributed by atoms with Crippen LogP contribution in [-0.4, -0.2) is 26.2 Å². The molecule has 0 saturated heterocycles. The summed E-state index contributed by atoms with van der Waals surface area (Å²) in [7, 11) is 0. The molecule has 0 rings (SSSR count). The molecule has 0 aliphatic carbocycles. The van der Waals surface area contributed by atoms with Crippen LogP contribution in [0.15, 0.2) is 0 Å².